The molecule has 14 heavy (non-hydrogen) atoms. The maximum Gasteiger partial charge on any atom is 0.158 e. The molecule has 0 spiro atoms. The van der Waals surface area contributed by atoms with E-state index in [0.29, 0.717) is 6.42 Å². The number of carbonyl (C=O) groups is 1. The van der Waals surface area contributed by atoms with Crippen molar-refractivity contribution in [1.29, 1.82) is 0 Å². The van der Waals surface area contributed by atoms with Crippen molar-refractivity contribution >= 4 is 5.78 Å². The minimum absolute atomic E-state index is 0.0183. The van der Waals surface area contributed by atoms with Crippen LogP contribution < -0.4 is 0 Å². The number of hydrogen-bond donors (Lipinski definition) is 2. The standard InChI is InChI=1S/C10H20O4/c1-3-4-5-10(8(2)12)14-7-9(13)6-11/h9-11,13H,3-7H2,1-2H3. The number of rotatable bonds is 8. The lowest BCUT2D eigenvalue weighted by Gasteiger charge is -2.16. The molecule has 2 N–H and O–H groups in total. The number of aliphatic hydroxyl groups is 2. The molecule has 0 bridgehead atoms. The third-order valence-corrected chi connectivity index (χ3v) is 1.97. The molecular weight excluding hydrogens is 184 g/mol. The summed E-state index contributed by atoms with van der Waals surface area (Å²) in [5.74, 6) is -0.0245. The van der Waals surface area contributed by atoms with Gasteiger partial charge in [-0.25, -0.2) is 0 Å². The molecule has 0 saturated carbocycles. The molecule has 0 aromatic carbocycles. The molecule has 2 atom stereocenters. The van der Waals surface area contributed by atoms with E-state index in [1.807, 2.05) is 6.92 Å². The summed E-state index contributed by atoms with van der Waals surface area (Å²) in [7, 11) is 0. The molecule has 4 heteroatoms. The lowest BCUT2D eigenvalue weighted by Crippen LogP contribution is -2.28. The van der Waals surface area contributed by atoms with Gasteiger partial charge in [0.15, 0.2) is 5.78 Å². The van der Waals surface area contributed by atoms with E-state index in [-0.39, 0.29) is 19.0 Å². The van der Waals surface area contributed by atoms with Gasteiger partial charge in [-0.2, -0.15) is 0 Å². The average molecular weight is 204 g/mol. The van der Waals surface area contributed by atoms with Crippen LogP contribution in [0.2, 0.25) is 0 Å². The third-order valence-electron chi connectivity index (χ3n) is 1.97. The molecule has 0 aliphatic carbocycles. The molecule has 0 aromatic rings. The van der Waals surface area contributed by atoms with Crippen LogP contribution in [0.1, 0.15) is 33.1 Å². The Kier molecular flexibility index (Phi) is 7.65. The molecule has 0 heterocycles. The molecule has 0 amide bonds. The highest BCUT2D eigenvalue weighted by Gasteiger charge is 2.15. The van der Waals surface area contributed by atoms with E-state index in [0.717, 1.165) is 12.8 Å². The van der Waals surface area contributed by atoms with E-state index in [4.69, 9.17) is 14.9 Å². The highest BCUT2D eigenvalue weighted by molar-refractivity contribution is 5.80. The quantitative estimate of drug-likeness (QED) is 0.604. The average Bonchev–Trinajstić information content (AvgIpc) is 2.16. The lowest BCUT2D eigenvalue weighted by atomic mass is 10.1. The van der Waals surface area contributed by atoms with Crippen molar-refractivity contribution < 1.29 is 19.7 Å². The van der Waals surface area contributed by atoms with Crippen LogP contribution in [0.4, 0.5) is 0 Å². The molecule has 0 saturated heterocycles. The molecule has 4 nitrogen and oxygen atoms in total. The van der Waals surface area contributed by atoms with Crippen LogP contribution in [-0.2, 0) is 9.53 Å². The summed E-state index contributed by atoms with van der Waals surface area (Å²) in [5, 5.41) is 17.6. The minimum atomic E-state index is -0.890. The van der Waals surface area contributed by atoms with Gasteiger partial charge in [-0.3, -0.25) is 4.79 Å². The summed E-state index contributed by atoms with van der Waals surface area (Å²) in [6.45, 7) is 3.20. The van der Waals surface area contributed by atoms with E-state index < -0.39 is 12.2 Å². The maximum atomic E-state index is 11.1. The third kappa shape index (κ3) is 6.07. The van der Waals surface area contributed by atoms with E-state index in [2.05, 4.69) is 0 Å². The highest BCUT2D eigenvalue weighted by atomic mass is 16.5. The Morgan fingerprint density at radius 3 is 2.57 bits per heavy atom. The molecule has 0 fully saturated rings. The predicted octanol–water partition coefficient (Wildman–Crippen LogP) is 0.504. The predicted molar refractivity (Wildman–Crippen MR) is 53.0 cm³/mol. The van der Waals surface area contributed by atoms with Crippen molar-refractivity contribution in [3.05, 3.63) is 0 Å². The SMILES string of the molecule is CCCCC(OCC(O)CO)C(C)=O. The number of ether oxygens (including phenoxy) is 1. The number of carbonyl (C=O) groups excluding carboxylic acids is 1. The van der Waals surface area contributed by atoms with Crippen molar-refractivity contribution in [3.8, 4) is 0 Å². The van der Waals surface area contributed by atoms with Crippen LogP contribution in [0, 0.1) is 0 Å². The van der Waals surface area contributed by atoms with Gasteiger partial charge in [-0.1, -0.05) is 19.8 Å². The van der Waals surface area contributed by atoms with E-state index in [1.165, 1.54) is 6.92 Å². The van der Waals surface area contributed by atoms with Crippen molar-refractivity contribution in [2.24, 2.45) is 0 Å². The van der Waals surface area contributed by atoms with Gasteiger partial charge < -0.3 is 14.9 Å². The van der Waals surface area contributed by atoms with Crippen LogP contribution in [0.3, 0.4) is 0 Å². The number of Topliss-reactive ketones (excluding diaryl/α,β-unsaturated/α-hetero) is 1. The molecule has 0 aliphatic heterocycles. The summed E-state index contributed by atoms with van der Waals surface area (Å²) >= 11 is 0. The summed E-state index contributed by atoms with van der Waals surface area (Å²) < 4.78 is 5.20. The Bertz CT molecular complexity index is 158. The highest BCUT2D eigenvalue weighted by Crippen LogP contribution is 2.06. The Morgan fingerprint density at radius 2 is 2.14 bits per heavy atom. The summed E-state index contributed by atoms with van der Waals surface area (Å²) in [6, 6.07) is 0. The number of aliphatic hydroxyl groups excluding tert-OH is 2. The summed E-state index contributed by atoms with van der Waals surface area (Å²) in [4.78, 5) is 11.1. The van der Waals surface area contributed by atoms with Gasteiger partial charge in [0.25, 0.3) is 0 Å². The first-order valence-corrected chi connectivity index (χ1v) is 5.02. The first-order chi connectivity index (χ1) is 6.61. The topological polar surface area (TPSA) is 66.8 Å². The van der Waals surface area contributed by atoms with Crippen LogP contribution in [-0.4, -0.2) is 41.4 Å². The van der Waals surface area contributed by atoms with Gasteiger partial charge in [0, 0.05) is 0 Å². The number of hydrogen-bond acceptors (Lipinski definition) is 4. The normalized spacial score (nSPS) is 15.1. The van der Waals surface area contributed by atoms with Gasteiger partial charge in [0.2, 0.25) is 0 Å². The van der Waals surface area contributed by atoms with Gasteiger partial charge >= 0.3 is 0 Å². The Balaban J connectivity index is 3.79. The van der Waals surface area contributed by atoms with Crippen molar-refractivity contribution in [3.63, 3.8) is 0 Å². The Hall–Kier alpha value is -0.450. The van der Waals surface area contributed by atoms with E-state index in [9.17, 15) is 4.79 Å². The molecule has 0 radical (unpaired) electrons. The first kappa shape index (κ1) is 13.5. The van der Waals surface area contributed by atoms with E-state index in [1.54, 1.807) is 0 Å². The zero-order valence-electron chi connectivity index (χ0n) is 8.90. The van der Waals surface area contributed by atoms with Crippen LogP contribution in [0.25, 0.3) is 0 Å². The van der Waals surface area contributed by atoms with Crippen LogP contribution in [0.15, 0.2) is 0 Å². The monoisotopic (exact) mass is 204 g/mol. The molecule has 84 valence electrons. The van der Waals surface area contributed by atoms with Gasteiger partial charge in [0.05, 0.1) is 13.2 Å². The Labute approximate surface area is 84.9 Å². The van der Waals surface area contributed by atoms with E-state index >= 15 is 0 Å². The second-order valence-corrected chi connectivity index (χ2v) is 3.41. The van der Waals surface area contributed by atoms with Gasteiger partial charge in [-0.15, -0.1) is 0 Å². The number of ketones is 1. The fourth-order valence-electron chi connectivity index (χ4n) is 1.07. The van der Waals surface area contributed by atoms with Gasteiger partial charge in [0.1, 0.15) is 12.2 Å². The largest absolute Gasteiger partial charge is 0.394 e. The lowest BCUT2D eigenvalue weighted by molar-refractivity contribution is -0.131. The van der Waals surface area contributed by atoms with Crippen molar-refractivity contribution in [2.45, 2.75) is 45.3 Å². The molecular formula is C10H20O4. The molecule has 0 rings (SSSR count). The fraction of sp³-hybridized carbons (Fsp3) is 0.900. The Morgan fingerprint density at radius 1 is 1.50 bits per heavy atom. The first-order valence-electron chi connectivity index (χ1n) is 5.02. The second-order valence-electron chi connectivity index (χ2n) is 3.41. The van der Waals surface area contributed by atoms with Crippen molar-refractivity contribution in [1.82, 2.24) is 0 Å². The second kappa shape index (κ2) is 7.91. The smallest absolute Gasteiger partial charge is 0.158 e. The van der Waals surface area contributed by atoms with Gasteiger partial charge in [-0.05, 0) is 13.3 Å². The number of unbranched alkanes of at least 4 members (excludes halogenated alkanes) is 1. The van der Waals surface area contributed by atoms with Crippen LogP contribution in [0.5, 0.6) is 0 Å². The minimum Gasteiger partial charge on any atom is -0.394 e. The molecule has 0 aromatic heterocycles. The maximum absolute atomic E-state index is 11.1. The zero-order chi connectivity index (χ0) is 11.0. The van der Waals surface area contributed by atoms with Crippen molar-refractivity contribution in [2.75, 3.05) is 13.2 Å². The molecule has 2 unspecified atom stereocenters. The fourth-order valence-corrected chi connectivity index (χ4v) is 1.07. The summed E-state index contributed by atoms with van der Waals surface area (Å²) in [6.07, 6.45) is 1.30. The summed E-state index contributed by atoms with van der Waals surface area (Å²) in [5.41, 5.74) is 0. The van der Waals surface area contributed by atoms with Crippen LogP contribution >= 0.6 is 0 Å². The zero-order valence-corrected chi connectivity index (χ0v) is 8.90. The molecule has 0 aliphatic rings.